The normalized spacial score (nSPS) is 19.0. The molecule has 0 saturated carbocycles. The number of halogens is 1. The van der Waals surface area contributed by atoms with Gasteiger partial charge in [0, 0.05) is 48.7 Å². The van der Waals surface area contributed by atoms with Crippen LogP contribution in [0.1, 0.15) is 25.5 Å². The van der Waals surface area contributed by atoms with E-state index < -0.39 is 0 Å². The van der Waals surface area contributed by atoms with Crippen molar-refractivity contribution in [2.45, 2.75) is 19.9 Å². The second kappa shape index (κ2) is 6.43. The van der Waals surface area contributed by atoms with Gasteiger partial charge in [0.2, 0.25) is 0 Å². The summed E-state index contributed by atoms with van der Waals surface area (Å²) in [5.41, 5.74) is 0.749. The summed E-state index contributed by atoms with van der Waals surface area (Å²) in [4.78, 5) is 2.38. The number of rotatable bonds is 4. The van der Waals surface area contributed by atoms with Crippen molar-refractivity contribution >= 4 is 15.9 Å². The number of phenolic OH excluding ortho intramolecular Hbond substituents is 1. The standard InChI is InChI=1S/C15H23BrN2O2/c1-15(2,10-19)14(18-7-5-17-6-8-18)12-9-11(20)3-4-13(12)16/h3-4,9,14,17,19-20H,5-8,10H2,1-2H3/t14-/m1/s1. The highest BCUT2D eigenvalue weighted by atomic mass is 79.9. The molecule has 1 atom stereocenters. The molecule has 1 heterocycles. The van der Waals surface area contributed by atoms with Crippen molar-refractivity contribution in [1.29, 1.82) is 0 Å². The van der Waals surface area contributed by atoms with E-state index in [9.17, 15) is 10.2 Å². The van der Waals surface area contributed by atoms with Gasteiger partial charge in [-0.15, -0.1) is 0 Å². The lowest BCUT2D eigenvalue weighted by Gasteiger charge is -2.43. The lowest BCUT2D eigenvalue weighted by Crippen LogP contribution is -2.49. The number of hydrogen-bond acceptors (Lipinski definition) is 4. The van der Waals surface area contributed by atoms with Gasteiger partial charge >= 0.3 is 0 Å². The molecule has 1 aromatic carbocycles. The third kappa shape index (κ3) is 3.34. The molecular formula is C15H23BrN2O2. The van der Waals surface area contributed by atoms with E-state index in [4.69, 9.17) is 0 Å². The third-order valence-corrected chi connectivity index (χ3v) is 4.66. The Labute approximate surface area is 128 Å². The van der Waals surface area contributed by atoms with Gasteiger partial charge in [-0.05, 0) is 23.8 Å². The molecule has 1 aliphatic heterocycles. The van der Waals surface area contributed by atoms with E-state index in [0.717, 1.165) is 36.2 Å². The van der Waals surface area contributed by atoms with E-state index in [-0.39, 0.29) is 23.8 Å². The first-order chi connectivity index (χ1) is 9.45. The third-order valence-electron chi connectivity index (χ3n) is 3.94. The molecule has 0 radical (unpaired) electrons. The highest BCUT2D eigenvalue weighted by molar-refractivity contribution is 9.10. The number of hydrogen-bond donors (Lipinski definition) is 3. The molecule has 0 spiro atoms. The topological polar surface area (TPSA) is 55.7 Å². The van der Waals surface area contributed by atoms with Gasteiger partial charge in [-0.1, -0.05) is 29.8 Å². The van der Waals surface area contributed by atoms with Crippen molar-refractivity contribution < 1.29 is 10.2 Å². The van der Waals surface area contributed by atoms with Crippen LogP contribution in [-0.4, -0.2) is 47.9 Å². The largest absolute Gasteiger partial charge is 0.508 e. The maximum Gasteiger partial charge on any atom is 0.115 e. The Morgan fingerprint density at radius 3 is 2.60 bits per heavy atom. The molecule has 1 aromatic rings. The predicted octanol–water partition coefficient (Wildman–Crippen LogP) is 2.12. The van der Waals surface area contributed by atoms with Crippen LogP contribution in [-0.2, 0) is 0 Å². The van der Waals surface area contributed by atoms with Gasteiger partial charge in [0.05, 0.1) is 0 Å². The summed E-state index contributed by atoms with van der Waals surface area (Å²) >= 11 is 3.58. The molecule has 0 bridgehead atoms. The minimum absolute atomic E-state index is 0.0658. The number of nitrogens with zero attached hydrogens (tertiary/aromatic N) is 1. The summed E-state index contributed by atoms with van der Waals surface area (Å²) < 4.78 is 0.973. The van der Waals surface area contributed by atoms with E-state index >= 15 is 0 Å². The molecule has 4 nitrogen and oxygen atoms in total. The molecule has 2 rings (SSSR count). The van der Waals surface area contributed by atoms with Crippen molar-refractivity contribution in [3.63, 3.8) is 0 Å². The van der Waals surface area contributed by atoms with Gasteiger partial charge in [0.15, 0.2) is 0 Å². The number of phenols is 1. The summed E-state index contributed by atoms with van der Waals surface area (Å²) in [5.74, 6) is 0.261. The number of aromatic hydroxyl groups is 1. The number of piperazine rings is 1. The van der Waals surface area contributed by atoms with Crippen molar-refractivity contribution in [3.8, 4) is 5.75 Å². The minimum atomic E-state index is -0.284. The van der Waals surface area contributed by atoms with Gasteiger partial charge in [-0.2, -0.15) is 0 Å². The Kier molecular flexibility index (Phi) is 5.07. The monoisotopic (exact) mass is 342 g/mol. The zero-order chi connectivity index (χ0) is 14.8. The Balaban J connectivity index is 2.42. The smallest absolute Gasteiger partial charge is 0.115 e. The first-order valence-electron chi connectivity index (χ1n) is 7.00. The fourth-order valence-electron chi connectivity index (χ4n) is 2.88. The van der Waals surface area contributed by atoms with Crippen LogP contribution in [0.3, 0.4) is 0 Å². The maximum absolute atomic E-state index is 9.81. The van der Waals surface area contributed by atoms with Crippen LogP contribution in [0.2, 0.25) is 0 Å². The zero-order valence-electron chi connectivity index (χ0n) is 12.1. The van der Waals surface area contributed by atoms with Crippen LogP contribution in [0.4, 0.5) is 0 Å². The van der Waals surface area contributed by atoms with Gasteiger partial charge < -0.3 is 15.5 Å². The Morgan fingerprint density at radius 2 is 2.00 bits per heavy atom. The van der Waals surface area contributed by atoms with E-state index in [1.807, 2.05) is 6.07 Å². The summed E-state index contributed by atoms with van der Waals surface area (Å²) in [6.45, 7) is 8.02. The van der Waals surface area contributed by atoms with Crippen molar-refractivity contribution in [3.05, 3.63) is 28.2 Å². The highest BCUT2D eigenvalue weighted by Crippen LogP contribution is 2.42. The highest BCUT2D eigenvalue weighted by Gasteiger charge is 2.36. The van der Waals surface area contributed by atoms with Gasteiger partial charge in [-0.3, -0.25) is 4.90 Å². The summed E-state index contributed by atoms with van der Waals surface area (Å²) in [5, 5.41) is 23.0. The number of benzene rings is 1. The molecule has 0 amide bonds. The van der Waals surface area contributed by atoms with E-state index in [1.165, 1.54) is 0 Å². The molecule has 1 fully saturated rings. The summed E-state index contributed by atoms with van der Waals surface area (Å²) in [7, 11) is 0. The van der Waals surface area contributed by atoms with Gasteiger partial charge in [-0.25, -0.2) is 0 Å². The van der Waals surface area contributed by atoms with Crippen LogP contribution < -0.4 is 5.32 Å². The lowest BCUT2D eigenvalue weighted by atomic mass is 9.79. The van der Waals surface area contributed by atoms with Gasteiger partial charge in [0.25, 0.3) is 0 Å². The zero-order valence-corrected chi connectivity index (χ0v) is 13.7. The molecule has 1 aliphatic rings. The lowest BCUT2D eigenvalue weighted by molar-refractivity contribution is 0.0300. The first-order valence-corrected chi connectivity index (χ1v) is 7.79. The summed E-state index contributed by atoms with van der Waals surface area (Å²) in [6.07, 6.45) is 0. The SMILES string of the molecule is CC(C)(CO)[C@@H](c1cc(O)ccc1Br)N1CCNCC1. The van der Waals surface area contributed by atoms with E-state index in [0.29, 0.717) is 0 Å². The van der Waals surface area contributed by atoms with Crippen LogP contribution in [0, 0.1) is 5.41 Å². The van der Waals surface area contributed by atoms with E-state index in [1.54, 1.807) is 12.1 Å². The van der Waals surface area contributed by atoms with Crippen LogP contribution in [0.25, 0.3) is 0 Å². The maximum atomic E-state index is 9.81. The second-order valence-electron chi connectivity index (χ2n) is 6.04. The summed E-state index contributed by atoms with van der Waals surface area (Å²) in [6, 6.07) is 5.41. The van der Waals surface area contributed by atoms with Crippen LogP contribution in [0.5, 0.6) is 5.75 Å². The van der Waals surface area contributed by atoms with E-state index in [2.05, 4.69) is 40.0 Å². The average Bonchev–Trinajstić information content (AvgIpc) is 2.44. The predicted molar refractivity (Wildman–Crippen MR) is 83.9 cm³/mol. The molecule has 20 heavy (non-hydrogen) atoms. The van der Waals surface area contributed by atoms with Crippen LogP contribution in [0.15, 0.2) is 22.7 Å². The van der Waals surface area contributed by atoms with Crippen LogP contribution >= 0.6 is 15.9 Å². The first kappa shape index (κ1) is 15.8. The Hall–Kier alpha value is -0.620. The number of nitrogens with one attached hydrogen (secondary N) is 1. The quantitative estimate of drug-likeness (QED) is 0.784. The average molecular weight is 343 g/mol. The number of aliphatic hydroxyl groups excluding tert-OH is 1. The molecule has 3 N–H and O–H groups in total. The molecule has 0 aliphatic carbocycles. The van der Waals surface area contributed by atoms with Crippen molar-refractivity contribution in [1.82, 2.24) is 10.2 Å². The van der Waals surface area contributed by atoms with Crippen molar-refractivity contribution in [2.24, 2.45) is 5.41 Å². The number of aliphatic hydroxyl groups is 1. The van der Waals surface area contributed by atoms with Gasteiger partial charge in [0.1, 0.15) is 5.75 Å². The fraction of sp³-hybridized carbons (Fsp3) is 0.600. The Bertz CT molecular complexity index is 459. The fourth-order valence-corrected chi connectivity index (χ4v) is 3.34. The minimum Gasteiger partial charge on any atom is -0.508 e. The molecule has 1 saturated heterocycles. The Morgan fingerprint density at radius 1 is 1.35 bits per heavy atom. The molecule has 0 unspecified atom stereocenters. The molecular weight excluding hydrogens is 320 g/mol. The van der Waals surface area contributed by atoms with Crippen molar-refractivity contribution in [2.75, 3.05) is 32.8 Å². The second-order valence-corrected chi connectivity index (χ2v) is 6.90. The molecule has 112 valence electrons. The molecule has 5 heteroatoms. The molecule has 0 aromatic heterocycles.